The third kappa shape index (κ3) is 5.98. The van der Waals surface area contributed by atoms with E-state index >= 15 is 0 Å². The molecule has 0 aliphatic carbocycles. The molecule has 0 spiro atoms. The zero-order valence-corrected chi connectivity index (χ0v) is 14.1. The van der Waals surface area contributed by atoms with Gasteiger partial charge in [-0.15, -0.1) is 10.2 Å². The second-order valence-electron chi connectivity index (χ2n) is 5.30. The maximum atomic E-state index is 11.9. The van der Waals surface area contributed by atoms with E-state index in [2.05, 4.69) is 15.5 Å². The second kappa shape index (κ2) is 7.71. The second-order valence-corrected chi connectivity index (χ2v) is 7.50. The fraction of sp³-hybridized carbons (Fsp3) is 0.667. The van der Waals surface area contributed by atoms with Crippen molar-refractivity contribution in [3.05, 3.63) is 0 Å². The molecule has 0 aromatic carbocycles. The summed E-state index contributed by atoms with van der Waals surface area (Å²) in [7, 11) is 0. The fourth-order valence-corrected chi connectivity index (χ4v) is 2.77. The molecule has 21 heavy (non-hydrogen) atoms. The Kier molecular flexibility index (Phi) is 6.56. The van der Waals surface area contributed by atoms with Crippen molar-refractivity contribution in [1.82, 2.24) is 10.2 Å². The van der Waals surface area contributed by atoms with Crippen molar-refractivity contribution in [2.75, 3.05) is 17.7 Å². The molecule has 0 aliphatic heterocycles. The lowest BCUT2D eigenvalue weighted by molar-refractivity contribution is -0.139. The van der Waals surface area contributed by atoms with Crippen LogP contribution in [-0.4, -0.2) is 40.5 Å². The van der Waals surface area contributed by atoms with Gasteiger partial charge >= 0.3 is 5.97 Å². The molecule has 9 heteroatoms. The van der Waals surface area contributed by atoms with Crippen LogP contribution in [0, 0.1) is 5.41 Å². The van der Waals surface area contributed by atoms with Crippen LogP contribution >= 0.6 is 23.1 Å². The smallest absolute Gasteiger partial charge is 0.316 e. The number of amides is 1. The third-order valence-electron chi connectivity index (χ3n) is 2.47. The summed E-state index contributed by atoms with van der Waals surface area (Å²) in [4.78, 5) is 23.2. The van der Waals surface area contributed by atoms with Crippen molar-refractivity contribution in [2.24, 2.45) is 11.1 Å². The van der Waals surface area contributed by atoms with Gasteiger partial charge in [0, 0.05) is 0 Å². The molecule has 0 aliphatic rings. The SMILES string of the molecule is CCOC(=O)CSc1nnc(NC(=O)[C@@H](N)C(C)(C)C)s1. The van der Waals surface area contributed by atoms with E-state index in [-0.39, 0.29) is 23.0 Å². The Morgan fingerprint density at radius 2 is 2.10 bits per heavy atom. The molecule has 1 atom stereocenters. The summed E-state index contributed by atoms with van der Waals surface area (Å²) in [5.41, 5.74) is 5.52. The fourth-order valence-electron chi connectivity index (χ4n) is 1.22. The molecule has 1 aromatic heterocycles. The first-order valence-corrected chi connectivity index (χ1v) is 8.22. The molecule has 1 aromatic rings. The minimum atomic E-state index is -0.642. The molecule has 1 amide bonds. The molecular weight excluding hydrogens is 312 g/mol. The zero-order chi connectivity index (χ0) is 16.0. The van der Waals surface area contributed by atoms with Crippen molar-refractivity contribution >= 4 is 40.1 Å². The van der Waals surface area contributed by atoms with Gasteiger partial charge in [0.2, 0.25) is 11.0 Å². The molecule has 3 N–H and O–H groups in total. The van der Waals surface area contributed by atoms with Crippen LogP contribution in [0.25, 0.3) is 0 Å². The van der Waals surface area contributed by atoms with Crippen LogP contribution in [0.5, 0.6) is 0 Å². The highest BCUT2D eigenvalue weighted by Gasteiger charge is 2.28. The number of ether oxygens (including phenoxy) is 1. The number of hydrogen-bond donors (Lipinski definition) is 2. The summed E-state index contributed by atoms with van der Waals surface area (Å²) < 4.78 is 5.40. The number of hydrogen-bond acceptors (Lipinski definition) is 8. The van der Waals surface area contributed by atoms with Crippen LogP contribution in [0.4, 0.5) is 5.13 Å². The van der Waals surface area contributed by atoms with E-state index in [1.54, 1.807) is 6.92 Å². The summed E-state index contributed by atoms with van der Waals surface area (Å²) in [5, 5.41) is 10.7. The predicted octanol–water partition coefficient (Wildman–Crippen LogP) is 1.51. The number of anilines is 1. The predicted molar refractivity (Wildman–Crippen MR) is 83.3 cm³/mol. The van der Waals surface area contributed by atoms with Crippen molar-refractivity contribution in [3.63, 3.8) is 0 Å². The Hall–Kier alpha value is -1.19. The minimum absolute atomic E-state index is 0.165. The van der Waals surface area contributed by atoms with Crippen LogP contribution in [0.1, 0.15) is 27.7 Å². The number of rotatable bonds is 6. The molecule has 7 nitrogen and oxygen atoms in total. The quantitative estimate of drug-likeness (QED) is 0.462. The molecule has 0 unspecified atom stereocenters. The number of esters is 1. The molecule has 1 heterocycles. The summed E-state index contributed by atoms with van der Waals surface area (Å²) in [5.74, 6) is -0.448. The average molecular weight is 332 g/mol. The van der Waals surface area contributed by atoms with Gasteiger partial charge in [0.05, 0.1) is 18.4 Å². The van der Waals surface area contributed by atoms with Crippen LogP contribution in [-0.2, 0) is 14.3 Å². The van der Waals surface area contributed by atoms with Crippen LogP contribution in [0.15, 0.2) is 4.34 Å². The zero-order valence-electron chi connectivity index (χ0n) is 12.5. The Morgan fingerprint density at radius 1 is 1.43 bits per heavy atom. The molecule has 0 bridgehead atoms. The van der Waals surface area contributed by atoms with E-state index < -0.39 is 6.04 Å². The van der Waals surface area contributed by atoms with Gasteiger partial charge in [0.1, 0.15) is 0 Å². The number of nitrogens with one attached hydrogen (secondary N) is 1. The van der Waals surface area contributed by atoms with Gasteiger partial charge in [-0.25, -0.2) is 0 Å². The first-order valence-electron chi connectivity index (χ1n) is 6.42. The van der Waals surface area contributed by atoms with Gasteiger partial charge < -0.3 is 10.5 Å². The third-order valence-corrected chi connectivity index (χ3v) is 4.42. The highest BCUT2D eigenvalue weighted by Crippen LogP contribution is 2.26. The standard InChI is InChI=1S/C12H20N4O3S2/c1-5-19-7(17)6-20-11-16-15-10(21-11)14-9(18)8(13)12(2,3)4/h8H,5-6,13H2,1-4H3,(H,14,15,18)/t8-/m1/s1. The number of aromatic nitrogens is 2. The monoisotopic (exact) mass is 332 g/mol. The van der Waals surface area contributed by atoms with E-state index in [1.807, 2.05) is 20.8 Å². The van der Waals surface area contributed by atoms with Gasteiger partial charge in [0.15, 0.2) is 4.34 Å². The highest BCUT2D eigenvalue weighted by molar-refractivity contribution is 8.01. The van der Waals surface area contributed by atoms with Gasteiger partial charge in [-0.05, 0) is 12.3 Å². The summed E-state index contributed by atoms with van der Waals surface area (Å²) in [6.07, 6.45) is 0. The van der Waals surface area contributed by atoms with E-state index in [1.165, 1.54) is 23.1 Å². The van der Waals surface area contributed by atoms with Gasteiger partial charge in [-0.3, -0.25) is 14.9 Å². The number of nitrogens with two attached hydrogens (primary N) is 1. The van der Waals surface area contributed by atoms with Crippen molar-refractivity contribution in [3.8, 4) is 0 Å². The van der Waals surface area contributed by atoms with Gasteiger partial charge in [-0.2, -0.15) is 0 Å². The lowest BCUT2D eigenvalue weighted by atomic mass is 9.87. The highest BCUT2D eigenvalue weighted by atomic mass is 32.2. The van der Waals surface area contributed by atoms with Crippen molar-refractivity contribution in [1.29, 1.82) is 0 Å². The normalized spacial score (nSPS) is 12.8. The maximum Gasteiger partial charge on any atom is 0.316 e. The summed E-state index contributed by atoms with van der Waals surface area (Å²) >= 11 is 2.41. The minimum Gasteiger partial charge on any atom is -0.465 e. The van der Waals surface area contributed by atoms with Gasteiger partial charge in [0.25, 0.3) is 0 Å². The molecule has 0 saturated carbocycles. The maximum absolute atomic E-state index is 11.9. The van der Waals surface area contributed by atoms with E-state index in [9.17, 15) is 9.59 Å². The Balaban J connectivity index is 2.52. The largest absolute Gasteiger partial charge is 0.465 e. The topological polar surface area (TPSA) is 107 Å². The van der Waals surface area contributed by atoms with Crippen LogP contribution in [0.2, 0.25) is 0 Å². The van der Waals surface area contributed by atoms with Crippen LogP contribution < -0.4 is 11.1 Å². The van der Waals surface area contributed by atoms with Crippen molar-refractivity contribution < 1.29 is 14.3 Å². The number of thioether (sulfide) groups is 1. The number of carbonyl (C=O) groups is 2. The Bertz CT molecular complexity index is 499. The molecule has 0 fully saturated rings. The Morgan fingerprint density at radius 3 is 2.67 bits per heavy atom. The molecule has 0 radical (unpaired) electrons. The lowest BCUT2D eigenvalue weighted by Crippen LogP contribution is -2.45. The first-order chi connectivity index (χ1) is 9.74. The first kappa shape index (κ1) is 17.9. The summed E-state index contributed by atoms with van der Waals surface area (Å²) in [6, 6.07) is -0.642. The average Bonchev–Trinajstić information content (AvgIpc) is 2.82. The Labute approximate surface area is 132 Å². The molecule has 0 saturated heterocycles. The summed E-state index contributed by atoms with van der Waals surface area (Å²) in [6.45, 7) is 7.76. The number of nitrogens with zero attached hydrogens (tertiary/aromatic N) is 2. The number of carbonyl (C=O) groups excluding carboxylic acids is 2. The van der Waals surface area contributed by atoms with E-state index in [4.69, 9.17) is 10.5 Å². The van der Waals surface area contributed by atoms with Gasteiger partial charge in [-0.1, -0.05) is 43.9 Å². The molecule has 118 valence electrons. The van der Waals surface area contributed by atoms with E-state index in [0.717, 1.165) is 0 Å². The van der Waals surface area contributed by atoms with E-state index in [0.29, 0.717) is 16.1 Å². The van der Waals surface area contributed by atoms with Crippen molar-refractivity contribution in [2.45, 2.75) is 38.1 Å². The molecule has 1 rings (SSSR count). The lowest BCUT2D eigenvalue weighted by Gasteiger charge is -2.25. The molecular formula is C12H20N4O3S2. The van der Waals surface area contributed by atoms with Crippen LogP contribution in [0.3, 0.4) is 0 Å².